The van der Waals surface area contributed by atoms with Crippen molar-refractivity contribution >= 4 is 21.4 Å². The number of rotatable bonds is 9. The highest BCUT2D eigenvalue weighted by atomic mass is 35.5. The molecule has 3 rings (SSSR count). The zero-order valence-corrected chi connectivity index (χ0v) is 17.1. The number of aromatic nitrogens is 2. The fraction of sp³-hybridized carbons (Fsp3) is 0.250. The van der Waals surface area contributed by atoms with Crippen LogP contribution in [0.4, 0.5) is 0 Å². The van der Waals surface area contributed by atoms with Crippen LogP contribution >= 0.6 is 11.6 Å². The summed E-state index contributed by atoms with van der Waals surface area (Å²) < 4.78 is 32.7. The molecular formula is C20H22ClN3O3S. The Morgan fingerprint density at radius 1 is 1.04 bits per heavy atom. The number of sulfone groups is 1. The second-order valence-corrected chi connectivity index (χ2v) is 8.49. The molecule has 0 atom stereocenters. The first-order valence-electron chi connectivity index (χ1n) is 9.01. The van der Waals surface area contributed by atoms with E-state index in [1.165, 1.54) is 12.1 Å². The molecule has 6 nitrogen and oxygen atoms in total. The molecule has 0 spiro atoms. The molecule has 8 heteroatoms. The normalized spacial score (nSPS) is 11.5. The molecule has 0 bridgehead atoms. The van der Waals surface area contributed by atoms with Gasteiger partial charge in [-0.15, -0.1) is 5.10 Å². The quantitative estimate of drug-likeness (QED) is 0.535. The number of ether oxygens (including phenoxy) is 1. The average Bonchev–Trinajstić information content (AvgIpc) is 3.17. The van der Waals surface area contributed by atoms with Crippen molar-refractivity contribution in [2.45, 2.75) is 23.1 Å². The van der Waals surface area contributed by atoms with Crippen LogP contribution in [0.15, 0.2) is 70.6 Å². The predicted octanol–water partition coefficient (Wildman–Crippen LogP) is 3.74. The monoisotopic (exact) mass is 419 g/mol. The molecule has 1 heterocycles. The van der Waals surface area contributed by atoms with Gasteiger partial charge in [0.15, 0.2) is 0 Å². The molecule has 0 amide bonds. The van der Waals surface area contributed by atoms with Crippen LogP contribution in [0.3, 0.4) is 0 Å². The van der Waals surface area contributed by atoms with Crippen LogP contribution in [-0.2, 0) is 9.84 Å². The Kier molecular flexibility index (Phi) is 6.72. The van der Waals surface area contributed by atoms with E-state index in [1.54, 1.807) is 53.3 Å². The fourth-order valence-corrected chi connectivity index (χ4v) is 3.99. The molecule has 3 aromatic rings. The first kappa shape index (κ1) is 20.4. The predicted molar refractivity (Wildman–Crippen MR) is 109 cm³/mol. The van der Waals surface area contributed by atoms with Crippen molar-refractivity contribution in [1.82, 2.24) is 15.1 Å². The lowest BCUT2D eigenvalue weighted by Gasteiger charge is -2.07. The van der Waals surface area contributed by atoms with E-state index < -0.39 is 9.84 Å². The molecule has 0 aliphatic carbocycles. The maximum Gasteiger partial charge on any atom is 0.233 e. The summed E-state index contributed by atoms with van der Waals surface area (Å²) in [5.74, 6) is 0.536. The van der Waals surface area contributed by atoms with E-state index in [4.69, 9.17) is 16.3 Å². The van der Waals surface area contributed by atoms with Gasteiger partial charge in [-0.25, -0.2) is 13.1 Å². The van der Waals surface area contributed by atoms with Gasteiger partial charge in [-0.1, -0.05) is 18.5 Å². The van der Waals surface area contributed by atoms with Crippen molar-refractivity contribution in [3.63, 3.8) is 0 Å². The summed E-state index contributed by atoms with van der Waals surface area (Å²) >= 11 is 5.83. The summed E-state index contributed by atoms with van der Waals surface area (Å²) in [7, 11) is -3.59. The number of nitrogens with one attached hydrogen (secondary N) is 1. The number of hydrogen-bond donors (Lipinski definition) is 1. The Hall–Kier alpha value is -2.35. The summed E-state index contributed by atoms with van der Waals surface area (Å²) in [6.45, 7) is 4.50. The fourth-order valence-electron chi connectivity index (χ4n) is 2.61. The van der Waals surface area contributed by atoms with E-state index in [9.17, 15) is 8.42 Å². The third-order valence-electron chi connectivity index (χ3n) is 4.10. The Bertz CT molecular complexity index is 1000. The Labute approximate surface area is 170 Å². The van der Waals surface area contributed by atoms with Crippen molar-refractivity contribution in [2.24, 2.45) is 0 Å². The third kappa shape index (κ3) is 4.92. The first-order valence-corrected chi connectivity index (χ1v) is 10.9. The van der Waals surface area contributed by atoms with Crippen LogP contribution in [0.25, 0.3) is 5.69 Å². The van der Waals surface area contributed by atoms with Gasteiger partial charge in [0.2, 0.25) is 15.7 Å². The van der Waals surface area contributed by atoms with E-state index in [0.29, 0.717) is 17.5 Å². The highest BCUT2D eigenvalue weighted by Gasteiger charge is 2.17. The Morgan fingerprint density at radius 3 is 2.32 bits per heavy atom. The van der Waals surface area contributed by atoms with Crippen molar-refractivity contribution < 1.29 is 13.2 Å². The van der Waals surface area contributed by atoms with Crippen molar-refractivity contribution in [3.05, 3.63) is 65.8 Å². The average molecular weight is 420 g/mol. The van der Waals surface area contributed by atoms with Gasteiger partial charge in [-0.3, -0.25) is 0 Å². The second kappa shape index (κ2) is 9.23. The van der Waals surface area contributed by atoms with Crippen LogP contribution in [0.2, 0.25) is 5.02 Å². The van der Waals surface area contributed by atoms with Gasteiger partial charge in [-0.05, 0) is 68.0 Å². The molecule has 0 aliphatic heterocycles. The Balaban J connectivity index is 1.68. The van der Waals surface area contributed by atoms with Crippen molar-refractivity contribution in [3.8, 4) is 11.6 Å². The maximum atomic E-state index is 12.7. The summed E-state index contributed by atoms with van der Waals surface area (Å²) in [6.07, 6.45) is 2.68. The molecule has 0 saturated carbocycles. The minimum Gasteiger partial charge on any atom is -0.477 e. The first-order chi connectivity index (χ1) is 13.5. The second-order valence-electron chi connectivity index (χ2n) is 6.11. The van der Waals surface area contributed by atoms with Crippen LogP contribution < -0.4 is 10.1 Å². The standard InChI is InChI=1S/C20H22ClN3O3S/c1-2-22-13-3-15-27-20-12-14-24(23-20)17-6-10-19(11-7-17)28(25,26)18-8-4-16(21)5-9-18/h4-12,14,22H,2-3,13,15H2,1H3. The topological polar surface area (TPSA) is 73.2 Å². The minimum absolute atomic E-state index is 0.206. The molecule has 28 heavy (non-hydrogen) atoms. The lowest BCUT2D eigenvalue weighted by molar-refractivity contribution is 0.295. The van der Waals surface area contributed by atoms with Crippen LogP contribution in [0.1, 0.15) is 13.3 Å². The molecule has 0 aliphatic rings. The third-order valence-corrected chi connectivity index (χ3v) is 6.14. The molecule has 2 aromatic carbocycles. The summed E-state index contributed by atoms with van der Waals surface area (Å²) in [5.41, 5.74) is 0.748. The lowest BCUT2D eigenvalue weighted by atomic mass is 10.3. The van der Waals surface area contributed by atoms with E-state index in [0.717, 1.165) is 25.2 Å². The van der Waals surface area contributed by atoms with E-state index >= 15 is 0 Å². The number of nitrogens with zero attached hydrogens (tertiary/aromatic N) is 2. The number of benzene rings is 2. The molecule has 0 radical (unpaired) electrons. The molecule has 0 fully saturated rings. The lowest BCUT2D eigenvalue weighted by Crippen LogP contribution is -2.16. The molecule has 0 unspecified atom stereocenters. The van der Waals surface area contributed by atoms with Gasteiger partial charge in [0.25, 0.3) is 0 Å². The molecule has 1 N–H and O–H groups in total. The van der Waals surface area contributed by atoms with Crippen LogP contribution in [-0.4, -0.2) is 37.9 Å². The molecule has 0 saturated heterocycles. The highest BCUT2D eigenvalue weighted by molar-refractivity contribution is 7.91. The van der Waals surface area contributed by atoms with Crippen LogP contribution in [0, 0.1) is 0 Å². The van der Waals surface area contributed by atoms with Crippen molar-refractivity contribution in [1.29, 1.82) is 0 Å². The maximum absolute atomic E-state index is 12.7. The summed E-state index contributed by atoms with van der Waals surface area (Å²) in [5, 5.41) is 8.10. The van der Waals surface area contributed by atoms with Gasteiger partial charge in [0.05, 0.1) is 22.1 Å². The minimum atomic E-state index is -3.59. The smallest absolute Gasteiger partial charge is 0.233 e. The van der Waals surface area contributed by atoms with Crippen LogP contribution in [0.5, 0.6) is 5.88 Å². The summed E-state index contributed by atoms with van der Waals surface area (Å²) in [6, 6.07) is 14.5. The van der Waals surface area contributed by atoms with Gasteiger partial charge in [0, 0.05) is 17.3 Å². The van der Waals surface area contributed by atoms with E-state index in [-0.39, 0.29) is 9.79 Å². The zero-order valence-electron chi connectivity index (χ0n) is 15.5. The number of hydrogen-bond acceptors (Lipinski definition) is 5. The van der Waals surface area contributed by atoms with Gasteiger partial charge < -0.3 is 10.1 Å². The highest BCUT2D eigenvalue weighted by Crippen LogP contribution is 2.23. The van der Waals surface area contributed by atoms with E-state index in [1.807, 2.05) is 0 Å². The molecular weight excluding hydrogens is 398 g/mol. The number of halogens is 1. The molecule has 1 aromatic heterocycles. The van der Waals surface area contributed by atoms with Gasteiger partial charge in [0.1, 0.15) is 0 Å². The SMILES string of the molecule is CCNCCCOc1ccn(-c2ccc(S(=O)(=O)c3ccc(Cl)cc3)cc2)n1. The van der Waals surface area contributed by atoms with E-state index in [2.05, 4.69) is 17.3 Å². The van der Waals surface area contributed by atoms with Gasteiger partial charge in [-0.2, -0.15) is 0 Å². The van der Waals surface area contributed by atoms with Gasteiger partial charge >= 0.3 is 0 Å². The largest absolute Gasteiger partial charge is 0.477 e. The Morgan fingerprint density at radius 2 is 1.68 bits per heavy atom. The zero-order chi connectivity index (χ0) is 20.0. The summed E-state index contributed by atoms with van der Waals surface area (Å²) in [4.78, 5) is 0.419. The molecule has 148 valence electrons. The van der Waals surface area contributed by atoms with Crippen molar-refractivity contribution in [2.75, 3.05) is 19.7 Å².